The van der Waals surface area contributed by atoms with Crippen molar-refractivity contribution < 1.29 is 9.53 Å². The lowest BCUT2D eigenvalue weighted by Gasteiger charge is -2.06. The molecule has 0 saturated carbocycles. The van der Waals surface area contributed by atoms with E-state index in [9.17, 15) is 4.79 Å². The number of thioether (sulfide) groups is 1. The second-order valence-electron chi connectivity index (χ2n) is 3.87. The first kappa shape index (κ1) is 15.2. The number of nitrogens with one attached hydrogen (secondary N) is 1. The van der Waals surface area contributed by atoms with Crippen molar-refractivity contribution in [3.05, 3.63) is 46.3 Å². The van der Waals surface area contributed by atoms with Gasteiger partial charge in [-0.1, -0.05) is 23.7 Å². The summed E-state index contributed by atoms with van der Waals surface area (Å²) in [6.07, 6.45) is -0.414. The molecule has 6 heteroatoms. The highest BCUT2D eigenvalue weighted by molar-refractivity contribution is 7.98. The Morgan fingerprint density at radius 1 is 1.35 bits per heavy atom. The number of benzene rings is 1. The maximum atomic E-state index is 11.4. The zero-order valence-electron chi connectivity index (χ0n) is 10.9. The summed E-state index contributed by atoms with van der Waals surface area (Å²) in [4.78, 5) is 12.5. The summed E-state index contributed by atoms with van der Waals surface area (Å²) < 4.78 is 4.88. The molecule has 0 aliphatic rings. The SMILES string of the molecule is CCOC(=O)Nc1sccc1SCc1ccc(Cl)cc1. The van der Waals surface area contributed by atoms with E-state index < -0.39 is 6.09 Å². The molecule has 2 aromatic rings. The van der Waals surface area contributed by atoms with E-state index in [0.29, 0.717) is 6.61 Å². The van der Waals surface area contributed by atoms with E-state index in [-0.39, 0.29) is 0 Å². The summed E-state index contributed by atoms with van der Waals surface area (Å²) in [6, 6.07) is 9.75. The van der Waals surface area contributed by atoms with Gasteiger partial charge in [-0.15, -0.1) is 23.1 Å². The Hall–Kier alpha value is -1.17. The second kappa shape index (κ2) is 7.57. The van der Waals surface area contributed by atoms with E-state index in [1.807, 2.05) is 35.7 Å². The van der Waals surface area contributed by atoms with Crippen molar-refractivity contribution in [2.24, 2.45) is 0 Å². The zero-order chi connectivity index (χ0) is 14.4. The smallest absolute Gasteiger partial charge is 0.412 e. The number of anilines is 1. The minimum absolute atomic E-state index is 0.366. The quantitative estimate of drug-likeness (QED) is 0.761. The van der Waals surface area contributed by atoms with Crippen molar-refractivity contribution in [3.63, 3.8) is 0 Å². The van der Waals surface area contributed by atoms with Gasteiger partial charge in [0.2, 0.25) is 0 Å². The maximum Gasteiger partial charge on any atom is 0.412 e. The Morgan fingerprint density at radius 3 is 2.80 bits per heavy atom. The first-order valence-corrected chi connectivity index (χ1v) is 8.32. The van der Waals surface area contributed by atoms with Gasteiger partial charge in [0.15, 0.2) is 0 Å². The van der Waals surface area contributed by atoms with Crippen molar-refractivity contribution >= 4 is 45.8 Å². The summed E-state index contributed by atoms with van der Waals surface area (Å²) in [5.41, 5.74) is 1.19. The summed E-state index contributed by atoms with van der Waals surface area (Å²) in [7, 11) is 0. The van der Waals surface area contributed by atoms with Crippen LogP contribution in [0.5, 0.6) is 0 Å². The second-order valence-corrected chi connectivity index (χ2v) is 6.24. The molecule has 1 amide bonds. The molecular weight excluding hydrogens is 314 g/mol. The van der Waals surface area contributed by atoms with Crippen molar-refractivity contribution in [1.29, 1.82) is 0 Å². The maximum absolute atomic E-state index is 11.4. The summed E-state index contributed by atoms with van der Waals surface area (Å²) in [5, 5.41) is 6.26. The highest BCUT2D eigenvalue weighted by atomic mass is 35.5. The monoisotopic (exact) mass is 327 g/mol. The molecule has 0 bridgehead atoms. The van der Waals surface area contributed by atoms with Crippen LogP contribution in [0, 0.1) is 0 Å². The van der Waals surface area contributed by atoms with Crippen LogP contribution in [0.4, 0.5) is 9.80 Å². The number of hydrogen-bond donors (Lipinski definition) is 1. The molecule has 1 N–H and O–H groups in total. The molecule has 106 valence electrons. The van der Waals surface area contributed by atoms with E-state index in [4.69, 9.17) is 16.3 Å². The predicted molar refractivity (Wildman–Crippen MR) is 86.0 cm³/mol. The van der Waals surface area contributed by atoms with E-state index >= 15 is 0 Å². The summed E-state index contributed by atoms with van der Waals surface area (Å²) in [6.45, 7) is 2.15. The van der Waals surface area contributed by atoms with E-state index in [2.05, 4.69) is 5.32 Å². The fraction of sp³-hybridized carbons (Fsp3) is 0.214. The van der Waals surface area contributed by atoms with Gasteiger partial charge in [0, 0.05) is 15.7 Å². The van der Waals surface area contributed by atoms with Gasteiger partial charge in [0.05, 0.1) is 6.61 Å². The number of carbonyl (C=O) groups excluding carboxylic acids is 1. The molecule has 0 unspecified atom stereocenters. The van der Waals surface area contributed by atoms with E-state index in [1.54, 1.807) is 18.7 Å². The van der Waals surface area contributed by atoms with Crippen LogP contribution in [-0.4, -0.2) is 12.7 Å². The average molecular weight is 328 g/mol. The summed E-state index contributed by atoms with van der Waals surface area (Å²) in [5.74, 6) is 0.825. The lowest BCUT2D eigenvalue weighted by atomic mass is 10.2. The third-order valence-corrected chi connectivity index (χ3v) is 4.77. The number of ether oxygens (including phenoxy) is 1. The Kier molecular flexibility index (Phi) is 5.76. The molecule has 0 spiro atoms. The van der Waals surface area contributed by atoms with Crippen molar-refractivity contribution in [1.82, 2.24) is 0 Å². The zero-order valence-corrected chi connectivity index (χ0v) is 13.3. The van der Waals surface area contributed by atoms with Crippen molar-refractivity contribution in [2.75, 3.05) is 11.9 Å². The van der Waals surface area contributed by atoms with Gasteiger partial charge < -0.3 is 4.74 Å². The number of rotatable bonds is 5. The number of carbonyl (C=O) groups is 1. The van der Waals surface area contributed by atoms with Crippen LogP contribution in [0.3, 0.4) is 0 Å². The van der Waals surface area contributed by atoms with Crippen LogP contribution in [-0.2, 0) is 10.5 Å². The van der Waals surface area contributed by atoms with Gasteiger partial charge in [-0.2, -0.15) is 0 Å². The van der Waals surface area contributed by atoms with Gasteiger partial charge in [0.25, 0.3) is 0 Å². The van der Waals surface area contributed by atoms with Crippen LogP contribution < -0.4 is 5.32 Å². The van der Waals surface area contributed by atoms with Crippen LogP contribution in [0.15, 0.2) is 40.6 Å². The molecule has 0 fully saturated rings. The van der Waals surface area contributed by atoms with Crippen molar-refractivity contribution in [2.45, 2.75) is 17.6 Å². The van der Waals surface area contributed by atoms with E-state index in [1.165, 1.54) is 16.9 Å². The Labute approximate surface area is 131 Å². The van der Waals surface area contributed by atoms with Gasteiger partial charge in [-0.05, 0) is 36.1 Å². The molecule has 20 heavy (non-hydrogen) atoms. The van der Waals surface area contributed by atoms with Gasteiger partial charge in [-0.25, -0.2) is 4.79 Å². The highest BCUT2D eigenvalue weighted by Gasteiger charge is 2.09. The first-order chi connectivity index (χ1) is 9.69. The lowest BCUT2D eigenvalue weighted by Crippen LogP contribution is -2.12. The fourth-order valence-corrected chi connectivity index (χ4v) is 3.56. The number of halogens is 1. The standard InChI is InChI=1S/C14H14ClNO2S2/c1-2-18-14(17)16-13-12(7-8-19-13)20-9-10-3-5-11(15)6-4-10/h3-8H,2,9H2,1H3,(H,16,17). The van der Waals surface area contributed by atoms with Crippen LogP contribution in [0.25, 0.3) is 0 Å². The highest BCUT2D eigenvalue weighted by Crippen LogP contribution is 2.34. The molecule has 0 aliphatic heterocycles. The van der Waals surface area contributed by atoms with Gasteiger partial charge in [-0.3, -0.25) is 5.32 Å². The van der Waals surface area contributed by atoms with Crippen LogP contribution in [0.1, 0.15) is 12.5 Å². The molecule has 0 radical (unpaired) electrons. The Morgan fingerprint density at radius 2 is 2.10 bits per heavy atom. The normalized spacial score (nSPS) is 10.3. The lowest BCUT2D eigenvalue weighted by molar-refractivity contribution is 0.168. The number of amides is 1. The third kappa shape index (κ3) is 4.44. The molecule has 3 nitrogen and oxygen atoms in total. The van der Waals surface area contributed by atoms with Crippen LogP contribution >= 0.6 is 34.7 Å². The molecule has 0 saturated heterocycles. The predicted octanol–water partition coefficient (Wildman–Crippen LogP) is 5.26. The minimum Gasteiger partial charge on any atom is -0.450 e. The van der Waals surface area contributed by atoms with Gasteiger partial charge in [0.1, 0.15) is 5.00 Å². The molecule has 1 aromatic carbocycles. The van der Waals surface area contributed by atoms with Crippen molar-refractivity contribution in [3.8, 4) is 0 Å². The molecule has 2 rings (SSSR count). The molecule has 0 aliphatic carbocycles. The Bertz CT molecular complexity index is 569. The minimum atomic E-state index is -0.414. The topological polar surface area (TPSA) is 38.3 Å². The number of hydrogen-bond acceptors (Lipinski definition) is 4. The fourth-order valence-electron chi connectivity index (χ4n) is 1.50. The van der Waals surface area contributed by atoms with E-state index in [0.717, 1.165) is 20.7 Å². The Balaban J connectivity index is 1.94. The first-order valence-electron chi connectivity index (χ1n) is 6.07. The molecule has 1 heterocycles. The van der Waals surface area contributed by atoms with Crippen LogP contribution in [0.2, 0.25) is 5.02 Å². The molecule has 0 atom stereocenters. The molecule has 1 aromatic heterocycles. The third-order valence-electron chi connectivity index (χ3n) is 2.43. The average Bonchev–Trinajstić information content (AvgIpc) is 2.86. The largest absolute Gasteiger partial charge is 0.450 e. The van der Waals surface area contributed by atoms with Gasteiger partial charge >= 0.3 is 6.09 Å². The summed E-state index contributed by atoms with van der Waals surface area (Å²) >= 11 is 9.01. The number of thiophene rings is 1. The molecular formula is C14H14ClNO2S2.